The molecule has 0 spiro atoms. The van der Waals surface area contributed by atoms with E-state index in [1.807, 2.05) is 0 Å². The number of hydrogen-bond donors (Lipinski definition) is 1. The van der Waals surface area contributed by atoms with Crippen LogP contribution in [0.1, 0.15) is 95.8 Å². The molecule has 1 heterocycles. The highest BCUT2D eigenvalue weighted by Gasteiger charge is 2.16. The quantitative estimate of drug-likeness (QED) is 0.548. The van der Waals surface area contributed by atoms with Crippen LogP contribution in [-0.2, 0) is 6.42 Å². The Labute approximate surface area is 124 Å². The van der Waals surface area contributed by atoms with E-state index in [1.54, 1.807) is 0 Å². The molecule has 3 nitrogen and oxygen atoms in total. The van der Waals surface area contributed by atoms with Gasteiger partial charge in [0.25, 0.3) is 0 Å². The van der Waals surface area contributed by atoms with Crippen LogP contribution in [0.25, 0.3) is 0 Å². The van der Waals surface area contributed by atoms with Crippen LogP contribution in [0.15, 0.2) is 4.52 Å². The highest BCUT2D eigenvalue weighted by molar-refractivity contribution is 5.42. The van der Waals surface area contributed by atoms with Gasteiger partial charge in [-0.05, 0) is 12.3 Å². The summed E-state index contributed by atoms with van der Waals surface area (Å²) in [7, 11) is 0. The Morgan fingerprint density at radius 2 is 1.50 bits per heavy atom. The van der Waals surface area contributed by atoms with Crippen molar-refractivity contribution in [2.75, 3.05) is 5.73 Å². The fourth-order valence-corrected chi connectivity index (χ4v) is 2.74. The van der Waals surface area contributed by atoms with Crippen molar-refractivity contribution in [3.8, 4) is 0 Å². The van der Waals surface area contributed by atoms with E-state index in [9.17, 15) is 0 Å². The average molecular weight is 280 g/mol. The monoisotopic (exact) mass is 280 g/mol. The maximum Gasteiger partial charge on any atom is 0.170 e. The average Bonchev–Trinajstić information content (AvgIpc) is 2.78. The minimum absolute atomic E-state index is 0.398. The molecule has 0 bridgehead atoms. The molecule has 1 aromatic heterocycles. The van der Waals surface area contributed by atoms with E-state index in [4.69, 9.17) is 10.3 Å². The van der Waals surface area contributed by atoms with Crippen LogP contribution in [0.3, 0.4) is 0 Å². The number of anilines is 1. The predicted octanol–water partition coefficient (Wildman–Crippen LogP) is 5.45. The zero-order valence-corrected chi connectivity index (χ0v) is 13.6. The number of hydrogen-bond acceptors (Lipinski definition) is 3. The maximum atomic E-state index is 5.85. The third-order valence-corrected chi connectivity index (χ3v) is 3.92. The highest BCUT2D eigenvalue weighted by Crippen LogP contribution is 2.26. The van der Waals surface area contributed by atoms with Gasteiger partial charge in [-0.1, -0.05) is 77.3 Å². The molecular weight excluding hydrogens is 248 g/mol. The van der Waals surface area contributed by atoms with E-state index in [-0.39, 0.29) is 0 Å². The summed E-state index contributed by atoms with van der Waals surface area (Å²) >= 11 is 0. The minimum atomic E-state index is 0.398. The summed E-state index contributed by atoms with van der Waals surface area (Å²) in [5, 5.41) is 3.90. The summed E-state index contributed by atoms with van der Waals surface area (Å²) in [5.41, 5.74) is 6.96. The van der Waals surface area contributed by atoms with Crippen molar-refractivity contribution in [2.45, 2.75) is 90.9 Å². The third kappa shape index (κ3) is 5.98. The summed E-state index contributed by atoms with van der Waals surface area (Å²) in [4.78, 5) is 0. The second-order valence-corrected chi connectivity index (χ2v) is 6.14. The molecular formula is C17H32N2O. The van der Waals surface area contributed by atoms with Crippen LogP contribution in [-0.4, -0.2) is 5.16 Å². The second-order valence-electron chi connectivity index (χ2n) is 6.14. The Morgan fingerprint density at radius 3 is 2.05 bits per heavy atom. The zero-order chi connectivity index (χ0) is 14.8. The molecule has 0 atom stereocenters. The van der Waals surface area contributed by atoms with Gasteiger partial charge in [-0.25, -0.2) is 0 Å². The fraction of sp³-hybridized carbons (Fsp3) is 0.824. The molecule has 0 unspecified atom stereocenters. The van der Waals surface area contributed by atoms with Gasteiger partial charge in [-0.3, -0.25) is 0 Å². The van der Waals surface area contributed by atoms with Crippen molar-refractivity contribution in [1.29, 1.82) is 0 Å². The van der Waals surface area contributed by atoms with Crippen molar-refractivity contribution in [3.63, 3.8) is 0 Å². The van der Waals surface area contributed by atoms with Crippen LogP contribution < -0.4 is 5.73 Å². The van der Waals surface area contributed by atoms with Crippen LogP contribution in [0.4, 0.5) is 5.82 Å². The van der Waals surface area contributed by atoms with Gasteiger partial charge < -0.3 is 10.3 Å². The lowest BCUT2D eigenvalue weighted by atomic mass is 10.00. The first kappa shape index (κ1) is 17.1. The van der Waals surface area contributed by atoms with Crippen molar-refractivity contribution < 1.29 is 4.52 Å². The van der Waals surface area contributed by atoms with Gasteiger partial charge in [0.1, 0.15) is 5.76 Å². The van der Waals surface area contributed by atoms with Crippen LogP contribution in [0.5, 0.6) is 0 Å². The largest absolute Gasteiger partial charge is 0.381 e. The van der Waals surface area contributed by atoms with Crippen LogP contribution >= 0.6 is 0 Å². The number of nitrogen functional groups attached to an aromatic ring is 1. The van der Waals surface area contributed by atoms with Gasteiger partial charge in [0, 0.05) is 12.0 Å². The van der Waals surface area contributed by atoms with Crippen molar-refractivity contribution in [3.05, 3.63) is 11.3 Å². The van der Waals surface area contributed by atoms with E-state index in [2.05, 4.69) is 25.9 Å². The summed E-state index contributed by atoms with van der Waals surface area (Å²) in [6.45, 7) is 6.55. The fourth-order valence-electron chi connectivity index (χ4n) is 2.74. The molecule has 0 saturated carbocycles. The van der Waals surface area contributed by atoms with Gasteiger partial charge in [-0.15, -0.1) is 0 Å². The smallest absolute Gasteiger partial charge is 0.170 e. The Bertz CT molecular complexity index is 358. The Morgan fingerprint density at radius 1 is 0.950 bits per heavy atom. The number of unbranched alkanes of at least 4 members (excludes halogenated alkanes) is 8. The predicted molar refractivity (Wildman–Crippen MR) is 85.9 cm³/mol. The summed E-state index contributed by atoms with van der Waals surface area (Å²) in [5.74, 6) is 1.97. The maximum absolute atomic E-state index is 5.85. The third-order valence-electron chi connectivity index (χ3n) is 3.92. The molecule has 0 radical (unpaired) electrons. The molecule has 3 heteroatoms. The molecule has 0 fully saturated rings. The number of nitrogens with zero attached hydrogens (tertiary/aromatic N) is 1. The highest BCUT2D eigenvalue weighted by atomic mass is 16.5. The number of rotatable bonds is 11. The first-order valence-corrected chi connectivity index (χ1v) is 8.40. The lowest BCUT2D eigenvalue weighted by molar-refractivity contribution is 0.378. The molecule has 0 aliphatic carbocycles. The lowest BCUT2D eigenvalue weighted by Crippen LogP contribution is -1.97. The second kappa shape index (κ2) is 9.84. The van der Waals surface area contributed by atoms with E-state index in [0.29, 0.717) is 11.7 Å². The molecule has 0 amide bonds. The van der Waals surface area contributed by atoms with Crippen LogP contribution in [0, 0.1) is 0 Å². The van der Waals surface area contributed by atoms with E-state index < -0.39 is 0 Å². The van der Waals surface area contributed by atoms with E-state index in [0.717, 1.165) is 17.7 Å². The first-order chi connectivity index (χ1) is 9.66. The van der Waals surface area contributed by atoms with E-state index >= 15 is 0 Å². The van der Waals surface area contributed by atoms with Crippen LogP contribution in [0.2, 0.25) is 0 Å². The molecule has 0 aliphatic rings. The van der Waals surface area contributed by atoms with Gasteiger partial charge >= 0.3 is 0 Å². The van der Waals surface area contributed by atoms with Crippen molar-refractivity contribution >= 4 is 5.82 Å². The summed E-state index contributed by atoms with van der Waals surface area (Å²) in [6, 6.07) is 0. The zero-order valence-electron chi connectivity index (χ0n) is 13.6. The number of aryl methyl sites for hydroxylation is 1. The lowest BCUT2D eigenvalue weighted by Gasteiger charge is -2.05. The Balaban J connectivity index is 2.10. The normalized spacial score (nSPS) is 11.4. The Kier molecular flexibility index (Phi) is 8.40. The number of nitrogens with two attached hydrogens (primary N) is 1. The molecule has 0 aromatic carbocycles. The van der Waals surface area contributed by atoms with Gasteiger partial charge in [-0.2, -0.15) is 0 Å². The van der Waals surface area contributed by atoms with Gasteiger partial charge in [0.2, 0.25) is 0 Å². The Hall–Kier alpha value is -0.990. The molecule has 20 heavy (non-hydrogen) atoms. The first-order valence-electron chi connectivity index (χ1n) is 8.40. The molecule has 0 aliphatic heterocycles. The SMILES string of the molecule is CCCCCCCCCCCc1onc(N)c1C(C)C. The molecule has 2 N–H and O–H groups in total. The molecule has 1 aromatic rings. The van der Waals surface area contributed by atoms with Crippen molar-refractivity contribution in [2.24, 2.45) is 0 Å². The standard InChI is InChI=1S/C17H32N2O/c1-4-5-6-7-8-9-10-11-12-13-15-16(14(2)3)17(18)19-20-15/h14H,4-13H2,1-3H3,(H2,18,19). The van der Waals surface area contributed by atoms with E-state index in [1.165, 1.54) is 57.8 Å². The molecule has 0 saturated heterocycles. The minimum Gasteiger partial charge on any atom is -0.381 e. The topological polar surface area (TPSA) is 52.0 Å². The summed E-state index contributed by atoms with van der Waals surface area (Å²) < 4.78 is 5.35. The van der Waals surface area contributed by atoms with Gasteiger partial charge in [0.05, 0.1) is 0 Å². The summed E-state index contributed by atoms with van der Waals surface area (Å²) in [6.07, 6.45) is 13.1. The van der Waals surface area contributed by atoms with Crippen molar-refractivity contribution in [1.82, 2.24) is 5.16 Å². The molecule has 1 rings (SSSR count). The van der Waals surface area contributed by atoms with Gasteiger partial charge in [0.15, 0.2) is 5.82 Å². The number of aromatic nitrogens is 1. The molecule has 116 valence electrons.